The highest BCUT2D eigenvalue weighted by molar-refractivity contribution is 5.72. The van der Waals surface area contributed by atoms with Crippen molar-refractivity contribution in [3.8, 4) is 11.3 Å². The number of anilines is 1. The normalized spacial score (nSPS) is 11.3. The zero-order valence-corrected chi connectivity index (χ0v) is 13.9. The fraction of sp³-hybridized carbons (Fsp3) is 0.500. The first-order chi connectivity index (χ1) is 9.95. The highest BCUT2D eigenvalue weighted by Gasteiger charge is 2.18. The summed E-state index contributed by atoms with van der Waals surface area (Å²) in [5.41, 5.74) is 11.0. The molecule has 1 heterocycles. The first-order valence-corrected chi connectivity index (χ1v) is 7.89. The fourth-order valence-electron chi connectivity index (χ4n) is 2.58. The van der Waals surface area contributed by atoms with Crippen molar-refractivity contribution in [1.82, 2.24) is 9.55 Å². The standard InChI is InChI=1S/C18H27N3/c1-6-7-10-21-17(19)16(20-18(21)12(2)3)15-9-8-13(4)14(5)11-15/h8-9,11-12H,6-7,10,19H2,1-5H3. The number of nitrogens with two attached hydrogens (primary N) is 1. The highest BCUT2D eigenvalue weighted by atomic mass is 15.1. The Balaban J connectivity index is 2.51. The van der Waals surface area contributed by atoms with Gasteiger partial charge in [-0.05, 0) is 37.5 Å². The summed E-state index contributed by atoms with van der Waals surface area (Å²) in [4.78, 5) is 4.84. The summed E-state index contributed by atoms with van der Waals surface area (Å²) in [6.07, 6.45) is 2.29. The van der Waals surface area contributed by atoms with Crippen molar-refractivity contribution in [1.29, 1.82) is 0 Å². The maximum absolute atomic E-state index is 6.40. The maximum Gasteiger partial charge on any atom is 0.131 e. The second-order valence-corrected chi connectivity index (χ2v) is 6.16. The molecule has 1 aromatic heterocycles. The van der Waals surface area contributed by atoms with Crippen LogP contribution in [0.5, 0.6) is 0 Å². The van der Waals surface area contributed by atoms with Gasteiger partial charge in [-0.2, -0.15) is 0 Å². The molecule has 3 heteroatoms. The van der Waals surface area contributed by atoms with Crippen molar-refractivity contribution in [2.45, 2.75) is 59.9 Å². The molecule has 0 unspecified atom stereocenters. The molecule has 2 N–H and O–H groups in total. The second-order valence-electron chi connectivity index (χ2n) is 6.16. The number of hydrogen-bond acceptors (Lipinski definition) is 2. The van der Waals surface area contributed by atoms with Crippen LogP contribution in [0.25, 0.3) is 11.3 Å². The van der Waals surface area contributed by atoms with Crippen LogP contribution >= 0.6 is 0 Å². The molecule has 0 aliphatic carbocycles. The second kappa shape index (κ2) is 6.33. The molecule has 0 saturated heterocycles. The molecule has 21 heavy (non-hydrogen) atoms. The van der Waals surface area contributed by atoms with Crippen LogP contribution in [0.2, 0.25) is 0 Å². The molecule has 2 rings (SSSR count). The summed E-state index contributed by atoms with van der Waals surface area (Å²) >= 11 is 0. The molecule has 0 saturated carbocycles. The number of aryl methyl sites for hydroxylation is 2. The minimum Gasteiger partial charge on any atom is -0.383 e. The molecular formula is C18H27N3. The van der Waals surface area contributed by atoms with Crippen LogP contribution in [0.1, 0.15) is 56.5 Å². The summed E-state index contributed by atoms with van der Waals surface area (Å²) in [5.74, 6) is 2.27. The minimum absolute atomic E-state index is 0.379. The van der Waals surface area contributed by atoms with Gasteiger partial charge in [0.05, 0.1) is 0 Å². The van der Waals surface area contributed by atoms with Crippen LogP contribution in [0.15, 0.2) is 18.2 Å². The van der Waals surface area contributed by atoms with E-state index in [1.165, 1.54) is 11.1 Å². The van der Waals surface area contributed by atoms with Gasteiger partial charge >= 0.3 is 0 Å². The van der Waals surface area contributed by atoms with E-state index in [4.69, 9.17) is 10.7 Å². The molecule has 114 valence electrons. The van der Waals surface area contributed by atoms with Gasteiger partial charge in [0.15, 0.2) is 0 Å². The SMILES string of the molecule is CCCCn1c(C(C)C)nc(-c2ccc(C)c(C)c2)c1N. The molecule has 0 aliphatic rings. The quantitative estimate of drug-likeness (QED) is 0.867. The lowest BCUT2D eigenvalue weighted by molar-refractivity contribution is 0.588. The number of hydrogen-bond donors (Lipinski definition) is 1. The van der Waals surface area contributed by atoms with E-state index < -0.39 is 0 Å². The lowest BCUT2D eigenvalue weighted by atomic mass is 10.0. The first kappa shape index (κ1) is 15.6. The number of nitrogen functional groups attached to an aromatic ring is 1. The first-order valence-electron chi connectivity index (χ1n) is 7.89. The predicted octanol–water partition coefficient (Wildman–Crippen LogP) is 4.67. The molecule has 3 nitrogen and oxygen atoms in total. The Kier molecular flexibility index (Phi) is 4.71. The average molecular weight is 285 g/mol. The summed E-state index contributed by atoms with van der Waals surface area (Å²) in [7, 11) is 0. The van der Waals surface area contributed by atoms with E-state index in [9.17, 15) is 0 Å². The van der Waals surface area contributed by atoms with Crippen molar-refractivity contribution in [2.75, 3.05) is 5.73 Å². The molecule has 2 aromatic rings. The monoisotopic (exact) mass is 285 g/mol. The van der Waals surface area contributed by atoms with E-state index in [-0.39, 0.29) is 0 Å². The van der Waals surface area contributed by atoms with E-state index >= 15 is 0 Å². The average Bonchev–Trinajstić information content (AvgIpc) is 2.77. The number of imidazole rings is 1. The molecule has 0 spiro atoms. The van der Waals surface area contributed by atoms with Crippen LogP contribution in [0, 0.1) is 13.8 Å². The van der Waals surface area contributed by atoms with E-state index in [0.717, 1.165) is 42.3 Å². The summed E-state index contributed by atoms with van der Waals surface area (Å²) in [6, 6.07) is 6.45. The molecular weight excluding hydrogens is 258 g/mol. The fourth-order valence-corrected chi connectivity index (χ4v) is 2.58. The van der Waals surface area contributed by atoms with E-state index in [1.54, 1.807) is 0 Å². The number of unbranched alkanes of at least 4 members (excludes halogenated alkanes) is 1. The van der Waals surface area contributed by atoms with Gasteiger partial charge in [0, 0.05) is 18.0 Å². The van der Waals surface area contributed by atoms with Gasteiger partial charge in [0.2, 0.25) is 0 Å². The highest BCUT2D eigenvalue weighted by Crippen LogP contribution is 2.30. The summed E-state index contributed by atoms with van der Waals surface area (Å²) in [5, 5.41) is 0. The lowest BCUT2D eigenvalue weighted by Crippen LogP contribution is -2.08. The van der Waals surface area contributed by atoms with Crippen LogP contribution < -0.4 is 5.73 Å². The number of nitrogens with zero attached hydrogens (tertiary/aromatic N) is 2. The van der Waals surface area contributed by atoms with Crippen molar-refractivity contribution in [3.63, 3.8) is 0 Å². The third-order valence-electron chi connectivity index (χ3n) is 4.07. The van der Waals surface area contributed by atoms with Crippen molar-refractivity contribution in [3.05, 3.63) is 35.2 Å². The Morgan fingerprint density at radius 1 is 1.19 bits per heavy atom. The van der Waals surface area contributed by atoms with Gasteiger partial charge in [-0.3, -0.25) is 0 Å². The minimum atomic E-state index is 0.379. The Morgan fingerprint density at radius 2 is 1.90 bits per heavy atom. The summed E-state index contributed by atoms with van der Waals surface area (Å²) < 4.78 is 2.19. The van der Waals surface area contributed by atoms with Crippen molar-refractivity contribution in [2.24, 2.45) is 0 Å². The third kappa shape index (κ3) is 3.12. The Hall–Kier alpha value is -1.77. The van der Waals surface area contributed by atoms with Crippen molar-refractivity contribution >= 4 is 5.82 Å². The number of aromatic nitrogens is 2. The van der Waals surface area contributed by atoms with Crippen molar-refractivity contribution < 1.29 is 0 Å². The van der Waals surface area contributed by atoms with Crippen LogP contribution in [-0.4, -0.2) is 9.55 Å². The van der Waals surface area contributed by atoms with Gasteiger partial charge < -0.3 is 10.3 Å². The Bertz CT molecular complexity index is 624. The Morgan fingerprint density at radius 3 is 2.48 bits per heavy atom. The molecule has 0 radical (unpaired) electrons. The molecule has 0 atom stereocenters. The van der Waals surface area contributed by atoms with Crippen LogP contribution in [0.3, 0.4) is 0 Å². The van der Waals surface area contributed by atoms with E-state index in [2.05, 4.69) is 57.4 Å². The Labute approximate surface area is 128 Å². The van der Waals surface area contributed by atoms with E-state index in [0.29, 0.717) is 5.92 Å². The van der Waals surface area contributed by atoms with E-state index in [1.807, 2.05) is 0 Å². The lowest BCUT2D eigenvalue weighted by Gasteiger charge is -2.11. The van der Waals surface area contributed by atoms with Gasteiger partial charge in [0.1, 0.15) is 17.3 Å². The smallest absolute Gasteiger partial charge is 0.131 e. The molecule has 0 bridgehead atoms. The zero-order chi connectivity index (χ0) is 15.6. The molecule has 0 amide bonds. The largest absolute Gasteiger partial charge is 0.383 e. The van der Waals surface area contributed by atoms with Gasteiger partial charge in [-0.1, -0.05) is 39.3 Å². The van der Waals surface area contributed by atoms with Gasteiger partial charge in [0.25, 0.3) is 0 Å². The van der Waals surface area contributed by atoms with Crippen LogP contribution in [0.4, 0.5) is 5.82 Å². The molecule has 0 fully saturated rings. The topological polar surface area (TPSA) is 43.8 Å². The molecule has 1 aromatic carbocycles. The maximum atomic E-state index is 6.40. The number of rotatable bonds is 5. The van der Waals surface area contributed by atoms with Crippen LogP contribution in [-0.2, 0) is 6.54 Å². The third-order valence-corrected chi connectivity index (χ3v) is 4.07. The predicted molar refractivity (Wildman–Crippen MR) is 90.5 cm³/mol. The van der Waals surface area contributed by atoms with Gasteiger partial charge in [-0.15, -0.1) is 0 Å². The van der Waals surface area contributed by atoms with Gasteiger partial charge in [-0.25, -0.2) is 4.98 Å². The number of benzene rings is 1. The molecule has 0 aliphatic heterocycles. The zero-order valence-electron chi connectivity index (χ0n) is 13.9. The summed E-state index contributed by atoms with van der Waals surface area (Å²) in [6.45, 7) is 11.8.